The number of hydrogen-bond acceptors (Lipinski definition) is 2. The Kier molecular flexibility index (Phi) is 7.74. The summed E-state index contributed by atoms with van der Waals surface area (Å²) >= 11 is 7.82. The Balaban J connectivity index is 2.33. The Labute approximate surface area is 114 Å². The van der Waals surface area contributed by atoms with Crippen LogP contribution in [0.25, 0.3) is 0 Å². The van der Waals surface area contributed by atoms with E-state index in [1.807, 2.05) is 36.0 Å². The largest absolute Gasteiger partial charge is 0.396 e. The summed E-state index contributed by atoms with van der Waals surface area (Å²) in [4.78, 5) is 0. The first kappa shape index (κ1) is 14.9. The summed E-state index contributed by atoms with van der Waals surface area (Å²) in [7, 11) is 0. The second-order valence-corrected chi connectivity index (χ2v) is 6.05. The summed E-state index contributed by atoms with van der Waals surface area (Å²) < 4.78 is 0. The predicted molar refractivity (Wildman–Crippen MR) is 78.0 cm³/mol. The molecule has 0 saturated carbocycles. The zero-order chi connectivity index (χ0) is 12.5. The Bertz CT molecular complexity index is 300. The lowest BCUT2D eigenvalue weighted by Crippen LogP contribution is -2.10. The van der Waals surface area contributed by atoms with Gasteiger partial charge in [0, 0.05) is 11.6 Å². The number of thioether (sulfide) groups is 1. The lowest BCUT2D eigenvalue weighted by atomic mass is 9.96. The third-order valence-electron chi connectivity index (χ3n) is 2.80. The lowest BCUT2D eigenvalue weighted by Gasteiger charge is -2.13. The molecule has 0 heterocycles. The molecule has 0 saturated heterocycles. The third kappa shape index (κ3) is 6.35. The molecule has 17 heavy (non-hydrogen) atoms. The van der Waals surface area contributed by atoms with E-state index in [4.69, 9.17) is 11.6 Å². The van der Waals surface area contributed by atoms with E-state index < -0.39 is 0 Å². The van der Waals surface area contributed by atoms with E-state index in [2.05, 4.69) is 6.92 Å². The van der Waals surface area contributed by atoms with Gasteiger partial charge in [0.15, 0.2) is 0 Å². The molecule has 0 aliphatic heterocycles. The summed E-state index contributed by atoms with van der Waals surface area (Å²) in [5.74, 6) is 2.77. The van der Waals surface area contributed by atoms with Crippen LogP contribution in [0.5, 0.6) is 0 Å². The van der Waals surface area contributed by atoms with Gasteiger partial charge in [-0.25, -0.2) is 0 Å². The van der Waals surface area contributed by atoms with Crippen molar-refractivity contribution in [2.75, 3.05) is 18.1 Å². The molecule has 3 heteroatoms. The van der Waals surface area contributed by atoms with Crippen LogP contribution in [0.3, 0.4) is 0 Å². The molecule has 0 aliphatic rings. The van der Waals surface area contributed by atoms with Crippen LogP contribution in [0.15, 0.2) is 24.3 Å². The van der Waals surface area contributed by atoms with Gasteiger partial charge in [0.1, 0.15) is 0 Å². The lowest BCUT2D eigenvalue weighted by molar-refractivity contribution is 0.217. The summed E-state index contributed by atoms with van der Waals surface area (Å²) in [5, 5.41) is 10.1. The van der Waals surface area contributed by atoms with Crippen LogP contribution in [0, 0.1) is 5.92 Å². The van der Waals surface area contributed by atoms with E-state index in [9.17, 15) is 5.11 Å². The molecule has 0 aromatic heterocycles. The van der Waals surface area contributed by atoms with Gasteiger partial charge < -0.3 is 5.11 Å². The maximum atomic E-state index is 9.37. The molecule has 1 atom stereocenters. The summed E-state index contributed by atoms with van der Waals surface area (Å²) in [6, 6.07) is 7.92. The fraction of sp³-hybridized carbons (Fsp3) is 0.571. The zero-order valence-corrected chi connectivity index (χ0v) is 11.9. The van der Waals surface area contributed by atoms with Crippen molar-refractivity contribution >= 4 is 23.4 Å². The molecule has 1 N–H and O–H groups in total. The van der Waals surface area contributed by atoms with Gasteiger partial charge >= 0.3 is 0 Å². The maximum absolute atomic E-state index is 9.37. The van der Waals surface area contributed by atoms with E-state index in [0.717, 1.165) is 17.9 Å². The minimum Gasteiger partial charge on any atom is -0.396 e. The standard InChI is InChI=1S/C14H21ClOS/c1-2-17-9-3-4-13(11-16)10-12-5-7-14(15)8-6-12/h5-8,13,16H,2-4,9-11H2,1H3. The van der Waals surface area contributed by atoms with Crippen molar-refractivity contribution in [3.63, 3.8) is 0 Å². The topological polar surface area (TPSA) is 20.2 Å². The van der Waals surface area contributed by atoms with Crippen LogP contribution < -0.4 is 0 Å². The number of aliphatic hydroxyl groups excluding tert-OH is 1. The van der Waals surface area contributed by atoms with Gasteiger partial charge in [-0.2, -0.15) is 11.8 Å². The smallest absolute Gasteiger partial charge is 0.0462 e. The van der Waals surface area contributed by atoms with E-state index in [-0.39, 0.29) is 6.61 Å². The van der Waals surface area contributed by atoms with Gasteiger partial charge in [-0.15, -0.1) is 0 Å². The SMILES string of the molecule is CCSCCCC(CO)Cc1ccc(Cl)cc1. The molecule has 96 valence electrons. The highest BCUT2D eigenvalue weighted by Gasteiger charge is 2.08. The molecule has 0 bridgehead atoms. The van der Waals surface area contributed by atoms with Crippen LogP contribution >= 0.6 is 23.4 Å². The van der Waals surface area contributed by atoms with Crippen LogP contribution in [0.1, 0.15) is 25.3 Å². The normalized spacial score (nSPS) is 12.6. The number of rotatable bonds is 8. The molecule has 1 aromatic carbocycles. The van der Waals surface area contributed by atoms with Gasteiger partial charge in [0.25, 0.3) is 0 Å². The van der Waals surface area contributed by atoms with Gasteiger partial charge in [-0.3, -0.25) is 0 Å². The minimum absolute atomic E-state index is 0.277. The van der Waals surface area contributed by atoms with E-state index >= 15 is 0 Å². The highest BCUT2D eigenvalue weighted by molar-refractivity contribution is 7.99. The number of halogens is 1. The summed E-state index contributed by atoms with van der Waals surface area (Å²) in [6.45, 7) is 2.46. The first-order valence-electron chi connectivity index (χ1n) is 6.19. The van der Waals surface area contributed by atoms with E-state index in [1.165, 1.54) is 23.5 Å². The highest BCUT2D eigenvalue weighted by atomic mass is 35.5. The third-order valence-corrected chi connectivity index (χ3v) is 4.04. The number of benzene rings is 1. The van der Waals surface area contributed by atoms with Gasteiger partial charge in [-0.05, 0) is 54.4 Å². The zero-order valence-electron chi connectivity index (χ0n) is 10.4. The average molecular weight is 273 g/mol. The van der Waals surface area contributed by atoms with Crippen LogP contribution in [0.2, 0.25) is 5.02 Å². The Hall–Kier alpha value is -0.180. The van der Waals surface area contributed by atoms with Crippen LogP contribution in [-0.2, 0) is 6.42 Å². The molecule has 0 radical (unpaired) electrons. The summed E-state index contributed by atoms with van der Waals surface area (Å²) in [6.07, 6.45) is 3.24. The average Bonchev–Trinajstić information content (AvgIpc) is 2.35. The van der Waals surface area contributed by atoms with Gasteiger partial charge in [-0.1, -0.05) is 30.7 Å². The van der Waals surface area contributed by atoms with Crippen molar-refractivity contribution in [2.24, 2.45) is 5.92 Å². The predicted octanol–water partition coefficient (Wildman–Crippen LogP) is 4.02. The van der Waals surface area contributed by atoms with Gasteiger partial charge in [0.2, 0.25) is 0 Å². The monoisotopic (exact) mass is 272 g/mol. The fourth-order valence-electron chi connectivity index (χ4n) is 1.83. The van der Waals surface area contributed by atoms with Gasteiger partial charge in [0.05, 0.1) is 0 Å². The second kappa shape index (κ2) is 8.84. The van der Waals surface area contributed by atoms with E-state index in [1.54, 1.807) is 0 Å². The highest BCUT2D eigenvalue weighted by Crippen LogP contribution is 2.17. The minimum atomic E-state index is 0.277. The van der Waals surface area contributed by atoms with Crippen molar-refractivity contribution in [1.82, 2.24) is 0 Å². The fourth-order valence-corrected chi connectivity index (χ4v) is 2.62. The van der Waals surface area contributed by atoms with Crippen molar-refractivity contribution in [1.29, 1.82) is 0 Å². The first-order valence-corrected chi connectivity index (χ1v) is 7.72. The molecule has 0 amide bonds. The summed E-state index contributed by atoms with van der Waals surface area (Å²) in [5.41, 5.74) is 1.26. The molecular formula is C14H21ClOS. The van der Waals surface area contributed by atoms with Crippen molar-refractivity contribution in [2.45, 2.75) is 26.2 Å². The van der Waals surface area contributed by atoms with Crippen molar-refractivity contribution < 1.29 is 5.11 Å². The Morgan fingerprint density at radius 1 is 1.29 bits per heavy atom. The number of aliphatic hydroxyl groups is 1. The number of hydrogen-bond donors (Lipinski definition) is 1. The Morgan fingerprint density at radius 2 is 2.00 bits per heavy atom. The first-order chi connectivity index (χ1) is 8.26. The molecule has 0 aliphatic carbocycles. The molecule has 0 spiro atoms. The molecular weight excluding hydrogens is 252 g/mol. The second-order valence-electron chi connectivity index (χ2n) is 4.22. The molecule has 0 fully saturated rings. The molecule has 1 nitrogen and oxygen atoms in total. The van der Waals surface area contributed by atoms with Crippen LogP contribution in [-0.4, -0.2) is 23.2 Å². The van der Waals surface area contributed by atoms with Crippen molar-refractivity contribution in [3.8, 4) is 0 Å². The Morgan fingerprint density at radius 3 is 2.59 bits per heavy atom. The molecule has 1 aromatic rings. The van der Waals surface area contributed by atoms with Crippen molar-refractivity contribution in [3.05, 3.63) is 34.9 Å². The quantitative estimate of drug-likeness (QED) is 0.721. The molecule has 1 rings (SSSR count). The molecule has 1 unspecified atom stereocenters. The maximum Gasteiger partial charge on any atom is 0.0462 e. The van der Waals surface area contributed by atoms with Crippen LogP contribution in [0.4, 0.5) is 0 Å². The van der Waals surface area contributed by atoms with E-state index in [0.29, 0.717) is 5.92 Å².